The summed E-state index contributed by atoms with van der Waals surface area (Å²) in [5.41, 5.74) is -2.30. The van der Waals surface area contributed by atoms with E-state index in [4.69, 9.17) is 0 Å². The standard InChI is InChI=1S/C13H9F3N4O4S/c1-24-18-7-4-19(5-7)12-17-11(21)8-2-6(13(14,15)16)3-9(20(22)23)10(8)25-12/h2-3H,4-5H2,1H3. The first kappa shape index (κ1) is 17.1. The fraction of sp³-hybridized carbons (Fsp3) is 0.308. The van der Waals surface area contributed by atoms with Crippen LogP contribution in [0.5, 0.6) is 0 Å². The molecule has 0 amide bonds. The highest BCUT2D eigenvalue weighted by molar-refractivity contribution is 7.22. The van der Waals surface area contributed by atoms with Crippen molar-refractivity contribution in [3.05, 3.63) is 38.2 Å². The molecule has 3 rings (SSSR count). The molecule has 0 bridgehead atoms. The van der Waals surface area contributed by atoms with Crippen molar-refractivity contribution >= 4 is 38.0 Å². The van der Waals surface area contributed by atoms with Crippen molar-refractivity contribution in [1.82, 2.24) is 4.98 Å². The minimum atomic E-state index is -4.81. The van der Waals surface area contributed by atoms with Gasteiger partial charge >= 0.3 is 6.18 Å². The smallest absolute Gasteiger partial charge is 0.399 e. The molecule has 2 heterocycles. The van der Waals surface area contributed by atoms with E-state index in [2.05, 4.69) is 15.0 Å². The van der Waals surface area contributed by atoms with Gasteiger partial charge in [0.15, 0.2) is 5.13 Å². The van der Waals surface area contributed by atoms with E-state index in [9.17, 15) is 28.1 Å². The molecule has 1 aromatic heterocycles. The van der Waals surface area contributed by atoms with Crippen molar-refractivity contribution in [3.63, 3.8) is 0 Å². The molecule has 0 spiro atoms. The normalized spacial score (nSPS) is 14.4. The lowest BCUT2D eigenvalue weighted by Crippen LogP contribution is -2.48. The topological polar surface area (TPSA) is 97.9 Å². The van der Waals surface area contributed by atoms with Gasteiger partial charge in [0.05, 0.1) is 34.7 Å². The Morgan fingerprint density at radius 3 is 2.64 bits per heavy atom. The van der Waals surface area contributed by atoms with E-state index in [1.807, 2.05) is 0 Å². The molecule has 0 radical (unpaired) electrons. The Morgan fingerprint density at radius 1 is 1.40 bits per heavy atom. The minimum Gasteiger partial charge on any atom is -0.399 e. The molecule has 0 saturated carbocycles. The Bertz CT molecular complexity index is 949. The van der Waals surface area contributed by atoms with Crippen molar-refractivity contribution in [1.29, 1.82) is 0 Å². The van der Waals surface area contributed by atoms with Crippen molar-refractivity contribution in [2.45, 2.75) is 6.18 Å². The van der Waals surface area contributed by atoms with E-state index in [0.29, 0.717) is 30.9 Å². The van der Waals surface area contributed by atoms with Crippen LogP contribution < -0.4 is 10.5 Å². The number of halogens is 3. The lowest BCUT2D eigenvalue weighted by atomic mass is 10.1. The van der Waals surface area contributed by atoms with Crippen molar-refractivity contribution in [3.8, 4) is 0 Å². The maximum Gasteiger partial charge on any atom is 0.416 e. The Hall–Kier alpha value is -2.76. The first-order valence-corrected chi connectivity index (χ1v) is 7.56. The van der Waals surface area contributed by atoms with Crippen LogP contribution in [-0.2, 0) is 11.0 Å². The highest BCUT2D eigenvalue weighted by Crippen LogP contribution is 2.38. The first-order chi connectivity index (χ1) is 11.7. The summed E-state index contributed by atoms with van der Waals surface area (Å²) < 4.78 is 38.6. The third kappa shape index (κ3) is 3.12. The third-order valence-corrected chi connectivity index (χ3v) is 4.62. The van der Waals surface area contributed by atoms with Crippen LogP contribution in [-0.4, -0.2) is 35.8 Å². The fourth-order valence-corrected chi connectivity index (χ4v) is 3.36. The van der Waals surface area contributed by atoms with E-state index in [1.165, 1.54) is 7.11 Å². The quantitative estimate of drug-likeness (QED) is 0.604. The zero-order valence-electron chi connectivity index (χ0n) is 12.5. The largest absolute Gasteiger partial charge is 0.416 e. The molecule has 1 aromatic carbocycles. The van der Waals surface area contributed by atoms with Crippen LogP contribution in [0.4, 0.5) is 24.0 Å². The van der Waals surface area contributed by atoms with Gasteiger partial charge in [-0.2, -0.15) is 18.2 Å². The lowest BCUT2D eigenvalue weighted by Gasteiger charge is -2.32. The van der Waals surface area contributed by atoms with Gasteiger partial charge in [-0.3, -0.25) is 14.9 Å². The average molecular weight is 374 g/mol. The number of anilines is 1. The Balaban J connectivity index is 2.15. The van der Waals surface area contributed by atoms with Gasteiger partial charge in [-0.1, -0.05) is 16.5 Å². The van der Waals surface area contributed by atoms with Crippen molar-refractivity contribution < 1.29 is 22.9 Å². The van der Waals surface area contributed by atoms with E-state index < -0.39 is 33.3 Å². The molecule has 0 unspecified atom stereocenters. The second-order valence-electron chi connectivity index (χ2n) is 5.12. The predicted octanol–water partition coefficient (Wildman–Crippen LogP) is 2.41. The van der Waals surface area contributed by atoms with Gasteiger partial charge in [0.2, 0.25) is 0 Å². The molecule has 1 aliphatic heterocycles. The summed E-state index contributed by atoms with van der Waals surface area (Å²) in [4.78, 5) is 32.3. The molecule has 0 atom stereocenters. The number of nitrogens with zero attached hydrogens (tertiary/aromatic N) is 4. The molecule has 0 N–H and O–H groups in total. The summed E-state index contributed by atoms with van der Waals surface area (Å²) in [7, 11) is 1.38. The molecule has 12 heteroatoms. The lowest BCUT2D eigenvalue weighted by molar-refractivity contribution is -0.383. The monoisotopic (exact) mass is 374 g/mol. The number of nitro benzene ring substituents is 1. The van der Waals surface area contributed by atoms with Gasteiger partial charge in [0.25, 0.3) is 11.2 Å². The van der Waals surface area contributed by atoms with Gasteiger partial charge in [-0.05, 0) is 6.07 Å². The van der Waals surface area contributed by atoms with E-state index in [1.54, 1.807) is 4.90 Å². The Kier molecular flexibility index (Phi) is 4.06. The SMILES string of the molecule is CON=C1CN(c2nc(=O)c3cc(C(F)(F)F)cc([N+](=O)[O-])c3s2)C1. The van der Waals surface area contributed by atoms with Gasteiger partial charge in [0, 0.05) is 6.07 Å². The zero-order chi connectivity index (χ0) is 18.4. The summed E-state index contributed by atoms with van der Waals surface area (Å²) in [5, 5.41) is 14.6. The first-order valence-electron chi connectivity index (χ1n) is 6.75. The third-order valence-electron chi connectivity index (χ3n) is 3.45. The van der Waals surface area contributed by atoms with E-state index in [0.717, 1.165) is 11.3 Å². The van der Waals surface area contributed by atoms with Crippen molar-refractivity contribution in [2.75, 3.05) is 25.1 Å². The van der Waals surface area contributed by atoms with E-state index in [-0.39, 0.29) is 9.83 Å². The number of hydrogen-bond donors (Lipinski definition) is 0. The molecular weight excluding hydrogens is 365 g/mol. The number of alkyl halides is 3. The van der Waals surface area contributed by atoms with Crippen LogP contribution in [0, 0.1) is 10.1 Å². The number of fused-ring (bicyclic) bond motifs is 1. The minimum absolute atomic E-state index is 0.148. The van der Waals surface area contributed by atoms with Crippen LogP contribution in [0.1, 0.15) is 5.56 Å². The molecule has 2 aromatic rings. The molecule has 1 aliphatic rings. The highest BCUT2D eigenvalue weighted by Gasteiger charge is 2.34. The van der Waals surface area contributed by atoms with Crippen LogP contribution in [0.15, 0.2) is 22.1 Å². The molecule has 8 nitrogen and oxygen atoms in total. The summed E-state index contributed by atoms with van der Waals surface area (Å²) in [6.45, 7) is 0.632. The molecule has 25 heavy (non-hydrogen) atoms. The van der Waals surface area contributed by atoms with Gasteiger partial charge in [-0.25, -0.2) is 0 Å². The average Bonchev–Trinajstić information content (AvgIpc) is 2.48. The number of nitro groups is 1. The maximum absolute atomic E-state index is 12.9. The van der Waals surface area contributed by atoms with Crippen LogP contribution in [0.2, 0.25) is 0 Å². The van der Waals surface area contributed by atoms with Gasteiger partial charge in [0.1, 0.15) is 11.8 Å². The highest BCUT2D eigenvalue weighted by atomic mass is 32.1. The number of oxime groups is 1. The Morgan fingerprint density at radius 2 is 2.08 bits per heavy atom. The second kappa shape index (κ2) is 5.95. The molecule has 1 saturated heterocycles. The summed E-state index contributed by atoms with van der Waals surface area (Å²) in [6.07, 6.45) is -4.81. The van der Waals surface area contributed by atoms with Crippen molar-refractivity contribution in [2.24, 2.45) is 5.16 Å². The molecule has 0 aliphatic carbocycles. The van der Waals surface area contributed by atoms with Crippen LogP contribution >= 0.6 is 11.3 Å². The van der Waals surface area contributed by atoms with Crippen LogP contribution in [0.25, 0.3) is 10.1 Å². The maximum atomic E-state index is 12.9. The van der Waals surface area contributed by atoms with Gasteiger partial charge in [-0.15, -0.1) is 0 Å². The fourth-order valence-electron chi connectivity index (χ4n) is 2.29. The van der Waals surface area contributed by atoms with Crippen LogP contribution in [0.3, 0.4) is 0 Å². The number of hydrogen-bond acceptors (Lipinski definition) is 8. The number of benzene rings is 1. The number of non-ortho nitro benzene ring substituents is 1. The molecular formula is C13H9F3N4O4S. The predicted molar refractivity (Wildman–Crippen MR) is 84.2 cm³/mol. The Labute approximate surface area is 141 Å². The number of rotatable bonds is 3. The summed E-state index contributed by atoms with van der Waals surface area (Å²) in [5.74, 6) is 0. The summed E-state index contributed by atoms with van der Waals surface area (Å²) in [6, 6.07) is 1.02. The summed E-state index contributed by atoms with van der Waals surface area (Å²) >= 11 is 0.789. The second-order valence-corrected chi connectivity index (χ2v) is 6.10. The number of aromatic nitrogens is 1. The van der Waals surface area contributed by atoms with Gasteiger partial charge < -0.3 is 9.74 Å². The molecule has 132 valence electrons. The molecule has 1 fully saturated rings. The zero-order valence-corrected chi connectivity index (χ0v) is 13.3. The van der Waals surface area contributed by atoms with E-state index >= 15 is 0 Å².